The molecule has 9 nitrogen and oxygen atoms in total. The van der Waals surface area contributed by atoms with Crippen LogP contribution in [0.4, 0.5) is 15.6 Å². The molecule has 0 atom stereocenters. The molecule has 2 aromatic carbocycles. The minimum Gasteiger partial charge on any atom is -0.478 e. The quantitative estimate of drug-likeness (QED) is 0.510. The fraction of sp³-hybridized carbons (Fsp3) is 0.118. The molecule has 0 spiro atoms. The van der Waals surface area contributed by atoms with Crippen LogP contribution in [0, 0.1) is 0 Å². The normalized spacial score (nSPS) is 11.2. The zero-order chi connectivity index (χ0) is 21.2. The molecule has 0 aliphatic heterocycles. The first-order valence-corrected chi connectivity index (χ1v) is 10.8. The standard InChI is InChI=1S/C17H14ClN3O6S2/c1-2-27-17(24)20-16-19-12-5-4-10(8-13(12)28-16)21-29(25,26)14-6-3-9(15(22)23)7-11(14)18/h3-8,21H,2H2,1H3,(H,22,23)(H,19,20,24). The predicted octanol–water partition coefficient (Wildman–Crippen LogP) is 4.02. The van der Waals surface area contributed by atoms with E-state index < -0.39 is 22.1 Å². The van der Waals surface area contributed by atoms with Gasteiger partial charge in [0, 0.05) is 0 Å². The number of carboxylic acid groups (broad SMARTS) is 1. The number of sulfonamides is 1. The number of aromatic nitrogens is 1. The fourth-order valence-electron chi connectivity index (χ4n) is 2.36. The van der Waals surface area contributed by atoms with E-state index in [4.69, 9.17) is 21.4 Å². The summed E-state index contributed by atoms with van der Waals surface area (Å²) in [6.45, 7) is 1.90. The maximum Gasteiger partial charge on any atom is 0.413 e. The zero-order valence-electron chi connectivity index (χ0n) is 14.8. The summed E-state index contributed by atoms with van der Waals surface area (Å²) in [6.07, 6.45) is -0.632. The number of rotatable bonds is 6. The Kier molecular flexibility index (Phi) is 5.91. The number of benzene rings is 2. The maximum absolute atomic E-state index is 12.6. The Morgan fingerprint density at radius 3 is 2.66 bits per heavy atom. The third-order valence-corrected chi connectivity index (χ3v) is 6.39. The lowest BCUT2D eigenvalue weighted by Crippen LogP contribution is -2.14. The molecule has 29 heavy (non-hydrogen) atoms. The molecule has 152 valence electrons. The number of halogens is 1. The third-order valence-electron chi connectivity index (χ3n) is 3.59. The molecule has 3 aromatic rings. The van der Waals surface area contributed by atoms with E-state index >= 15 is 0 Å². The highest BCUT2D eigenvalue weighted by Gasteiger charge is 2.20. The molecule has 0 radical (unpaired) electrons. The number of anilines is 2. The second-order valence-corrected chi connectivity index (χ2v) is 8.69. The molecular weight excluding hydrogens is 442 g/mol. The van der Waals surface area contributed by atoms with Gasteiger partial charge < -0.3 is 9.84 Å². The minimum atomic E-state index is -4.06. The number of carbonyl (C=O) groups excluding carboxylic acids is 1. The number of nitrogens with zero attached hydrogens (tertiary/aromatic N) is 1. The Morgan fingerprint density at radius 1 is 1.24 bits per heavy atom. The molecule has 0 saturated heterocycles. The molecule has 0 unspecified atom stereocenters. The number of carbonyl (C=O) groups is 2. The van der Waals surface area contributed by atoms with Crippen LogP contribution in [0.1, 0.15) is 17.3 Å². The highest BCUT2D eigenvalue weighted by Crippen LogP contribution is 2.30. The summed E-state index contributed by atoms with van der Waals surface area (Å²) < 4.78 is 33.1. The van der Waals surface area contributed by atoms with Crippen molar-refractivity contribution in [1.29, 1.82) is 0 Å². The van der Waals surface area contributed by atoms with E-state index in [0.717, 1.165) is 29.5 Å². The molecule has 0 saturated carbocycles. The first kappa shape index (κ1) is 20.8. The van der Waals surface area contributed by atoms with Gasteiger partial charge in [0.05, 0.1) is 33.1 Å². The van der Waals surface area contributed by atoms with Gasteiger partial charge in [-0.3, -0.25) is 10.0 Å². The summed E-state index contributed by atoms with van der Waals surface area (Å²) >= 11 is 7.10. The summed E-state index contributed by atoms with van der Waals surface area (Å²) in [4.78, 5) is 26.4. The van der Waals surface area contributed by atoms with E-state index in [1.807, 2.05) is 0 Å². The van der Waals surface area contributed by atoms with E-state index in [0.29, 0.717) is 15.3 Å². The van der Waals surface area contributed by atoms with Gasteiger partial charge in [-0.25, -0.2) is 23.0 Å². The van der Waals surface area contributed by atoms with Crippen LogP contribution in [0.3, 0.4) is 0 Å². The molecule has 1 aromatic heterocycles. The highest BCUT2D eigenvalue weighted by molar-refractivity contribution is 7.92. The van der Waals surface area contributed by atoms with Crippen molar-refractivity contribution >= 4 is 66.1 Å². The van der Waals surface area contributed by atoms with Crippen LogP contribution in [0.5, 0.6) is 0 Å². The number of aromatic carboxylic acids is 1. The largest absolute Gasteiger partial charge is 0.478 e. The van der Waals surface area contributed by atoms with Crippen LogP contribution >= 0.6 is 22.9 Å². The van der Waals surface area contributed by atoms with Crippen LogP contribution in [0.2, 0.25) is 5.02 Å². The Morgan fingerprint density at radius 2 is 2.00 bits per heavy atom. The summed E-state index contributed by atoms with van der Waals surface area (Å²) in [5.74, 6) is -1.22. The Balaban J connectivity index is 1.85. The molecule has 1 heterocycles. The molecule has 0 aliphatic carbocycles. The highest BCUT2D eigenvalue weighted by atomic mass is 35.5. The predicted molar refractivity (Wildman–Crippen MR) is 109 cm³/mol. The Bertz CT molecular complexity index is 1210. The number of amides is 1. The number of carboxylic acids is 1. The van der Waals surface area contributed by atoms with Gasteiger partial charge in [0.25, 0.3) is 10.0 Å². The van der Waals surface area contributed by atoms with Gasteiger partial charge in [-0.15, -0.1) is 0 Å². The molecule has 12 heteroatoms. The average molecular weight is 456 g/mol. The van der Waals surface area contributed by atoms with Crippen LogP contribution in [0.15, 0.2) is 41.3 Å². The average Bonchev–Trinajstić information content (AvgIpc) is 3.02. The van der Waals surface area contributed by atoms with E-state index in [1.54, 1.807) is 19.1 Å². The summed E-state index contributed by atoms with van der Waals surface area (Å²) in [5, 5.41) is 11.6. The number of nitrogens with one attached hydrogen (secondary N) is 2. The van der Waals surface area contributed by atoms with E-state index in [1.165, 1.54) is 6.07 Å². The van der Waals surface area contributed by atoms with Crippen molar-refractivity contribution in [3.8, 4) is 0 Å². The first-order valence-electron chi connectivity index (χ1n) is 8.09. The monoisotopic (exact) mass is 455 g/mol. The molecule has 0 fully saturated rings. The number of hydrogen-bond acceptors (Lipinski definition) is 7. The molecule has 0 bridgehead atoms. The van der Waals surface area contributed by atoms with Gasteiger partial charge in [-0.05, 0) is 43.3 Å². The van der Waals surface area contributed by atoms with Crippen LogP contribution in [-0.4, -0.2) is 37.2 Å². The van der Waals surface area contributed by atoms with Crippen LogP contribution in [0.25, 0.3) is 10.2 Å². The Hall–Kier alpha value is -2.89. The SMILES string of the molecule is CCOC(=O)Nc1nc2ccc(NS(=O)(=O)c3ccc(C(=O)O)cc3Cl)cc2s1. The summed E-state index contributed by atoms with van der Waals surface area (Å²) in [5.41, 5.74) is 0.692. The van der Waals surface area contributed by atoms with Crippen LogP contribution in [-0.2, 0) is 14.8 Å². The fourth-order valence-corrected chi connectivity index (χ4v) is 4.84. The smallest absolute Gasteiger partial charge is 0.413 e. The summed E-state index contributed by atoms with van der Waals surface area (Å²) in [7, 11) is -4.06. The van der Waals surface area contributed by atoms with Crippen LogP contribution < -0.4 is 10.0 Å². The summed E-state index contributed by atoms with van der Waals surface area (Å²) in [6, 6.07) is 8.00. The topological polar surface area (TPSA) is 135 Å². The number of thiazole rings is 1. The number of fused-ring (bicyclic) bond motifs is 1. The van der Waals surface area contributed by atoms with Crippen molar-refractivity contribution in [2.24, 2.45) is 0 Å². The zero-order valence-corrected chi connectivity index (χ0v) is 17.2. The Labute approximate surface area is 174 Å². The maximum atomic E-state index is 12.6. The first-order chi connectivity index (χ1) is 13.7. The van der Waals surface area contributed by atoms with Gasteiger partial charge in [0.15, 0.2) is 5.13 Å². The van der Waals surface area contributed by atoms with Gasteiger partial charge >= 0.3 is 12.1 Å². The van der Waals surface area contributed by atoms with Gasteiger partial charge in [0.1, 0.15) is 4.90 Å². The van der Waals surface area contributed by atoms with E-state index in [9.17, 15) is 18.0 Å². The molecule has 3 rings (SSSR count). The lowest BCUT2D eigenvalue weighted by molar-refractivity contribution is 0.0696. The van der Waals surface area contributed by atoms with Gasteiger partial charge in [-0.1, -0.05) is 22.9 Å². The van der Waals surface area contributed by atoms with Gasteiger partial charge in [0.2, 0.25) is 0 Å². The van der Waals surface area contributed by atoms with E-state index in [-0.39, 0.29) is 27.8 Å². The number of ether oxygens (including phenoxy) is 1. The van der Waals surface area contributed by atoms with Crippen molar-refractivity contribution in [3.05, 3.63) is 47.0 Å². The molecule has 0 aliphatic rings. The lowest BCUT2D eigenvalue weighted by atomic mass is 10.2. The van der Waals surface area contributed by atoms with Gasteiger partial charge in [-0.2, -0.15) is 0 Å². The second kappa shape index (κ2) is 8.23. The number of hydrogen-bond donors (Lipinski definition) is 3. The molecule has 1 amide bonds. The van der Waals surface area contributed by atoms with Crippen molar-refractivity contribution < 1.29 is 27.9 Å². The minimum absolute atomic E-state index is 0.123. The molecule has 3 N–H and O–H groups in total. The third kappa shape index (κ3) is 4.75. The van der Waals surface area contributed by atoms with E-state index in [2.05, 4.69) is 15.0 Å². The van der Waals surface area contributed by atoms with Crippen molar-refractivity contribution in [1.82, 2.24) is 4.98 Å². The molecular formula is C17H14ClN3O6S2. The van der Waals surface area contributed by atoms with Crippen molar-refractivity contribution in [2.45, 2.75) is 11.8 Å². The lowest BCUT2D eigenvalue weighted by Gasteiger charge is -2.10. The van der Waals surface area contributed by atoms with Crippen molar-refractivity contribution in [2.75, 3.05) is 16.6 Å². The second-order valence-electron chi connectivity index (χ2n) is 5.60. The van der Waals surface area contributed by atoms with Crippen molar-refractivity contribution in [3.63, 3.8) is 0 Å².